The Morgan fingerprint density at radius 1 is 1.62 bits per heavy atom. The quantitative estimate of drug-likeness (QED) is 0.694. The highest BCUT2D eigenvalue weighted by atomic mass is 16.5. The summed E-state index contributed by atoms with van der Waals surface area (Å²) in [6.07, 6.45) is -0.266. The lowest BCUT2D eigenvalue weighted by Gasteiger charge is -2.08. The van der Waals surface area contributed by atoms with Gasteiger partial charge in [-0.3, -0.25) is 0 Å². The van der Waals surface area contributed by atoms with Gasteiger partial charge in [0.15, 0.2) is 0 Å². The number of phenols is 1. The van der Waals surface area contributed by atoms with Crippen LogP contribution in [0.5, 0.6) is 11.5 Å². The molecular weight excluding hydrogens is 172 g/mol. The number of hydrogen-bond acceptors (Lipinski definition) is 4. The van der Waals surface area contributed by atoms with Gasteiger partial charge in [0.05, 0.1) is 7.11 Å². The van der Waals surface area contributed by atoms with E-state index in [4.69, 9.17) is 9.84 Å². The van der Waals surface area contributed by atoms with Crippen molar-refractivity contribution in [3.8, 4) is 11.5 Å². The Morgan fingerprint density at radius 2 is 2.31 bits per heavy atom. The van der Waals surface area contributed by atoms with Crippen molar-refractivity contribution < 1.29 is 19.7 Å². The Hall–Kier alpha value is -1.71. The molecule has 1 aromatic rings. The molecular formula is C9H9O4-. The zero-order chi connectivity index (χ0) is 9.84. The Bertz CT molecular complexity index is 319. The van der Waals surface area contributed by atoms with Gasteiger partial charge in [0, 0.05) is 18.0 Å². The molecule has 0 saturated heterocycles. The van der Waals surface area contributed by atoms with Crippen molar-refractivity contribution in [2.45, 2.75) is 6.42 Å². The molecule has 0 aliphatic carbocycles. The molecule has 0 bridgehead atoms. The fourth-order valence-corrected chi connectivity index (χ4v) is 1.06. The van der Waals surface area contributed by atoms with Gasteiger partial charge in [-0.2, -0.15) is 0 Å². The van der Waals surface area contributed by atoms with Crippen LogP contribution < -0.4 is 9.84 Å². The van der Waals surface area contributed by atoms with Crippen molar-refractivity contribution in [3.05, 3.63) is 23.8 Å². The first-order chi connectivity index (χ1) is 6.13. The van der Waals surface area contributed by atoms with Gasteiger partial charge in [0.2, 0.25) is 0 Å². The lowest BCUT2D eigenvalue weighted by atomic mass is 10.1. The first-order valence-corrected chi connectivity index (χ1v) is 3.69. The summed E-state index contributed by atoms with van der Waals surface area (Å²) in [5.41, 5.74) is 0.405. The number of aliphatic carboxylic acids is 1. The highest BCUT2D eigenvalue weighted by molar-refractivity contribution is 5.69. The zero-order valence-corrected chi connectivity index (χ0v) is 7.11. The second-order valence-electron chi connectivity index (χ2n) is 2.54. The lowest BCUT2D eigenvalue weighted by Crippen LogP contribution is -2.24. The number of methoxy groups -OCH3 is 1. The molecule has 0 atom stereocenters. The monoisotopic (exact) mass is 181 g/mol. The summed E-state index contributed by atoms with van der Waals surface area (Å²) < 4.78 is 4.90. The Morgan fingerprint density at radius 3 is 2.85 bits per heavy atom. The van der Waals surface area contributed by atoms with Crippen LogP contribution in [0.1, 0.15) is 5.56 Å². The third kappa shape index (κ3) is 2.37. The topological polar surface area (TPSA) is 69.6 Å². The zero-order valence-electron chi connectivity index (χ0n) is 7.11. The van der Waals surface area contributed by atoms with Gasteiger partial charge in [0.25, 0.3) is 0 Å². The van der Waals surface area contributed by atoms with Crippen molar-refractivity contribution in [2.75, 3.05) is 7.11 Å². The predicted molar refractivity (Wildman–Crippen MR) is 43.4 cm³/mol. The minimum Gasteiger partial charge on any atom is -0.550 e. The van der Waals surface area contributed by atoms with Crippen molar-refractivity contribution >= 4 is 5.97 Å². The first-order valence-electron chi connectivity index (χ1n) is 3.69. The van der Waals surface area contributed by atoms with Crippen LogP contribution in [0.2, 0.25) is 0 Å². The van der Waals surface area contributed by atoms with Crippen molar-refractivity contribution in [1.82, 2.24) is 0 Å². The molecule has 0 fully saturated rings. The van der Waals surface area contributed by atoms with E-state index in [1.54, 1.807) is 0 Å². The number of carbonyl (C=O) groups is 1. The van der Waals surface area contributed by atoms with Gasteiger partial charge in [0.1, 0.15) is 11.5 Å². The summed E-state index contributed by atoms with van der Waals surface area (Å²) >= 11 is 0. The fraction of sp³-hybridized carbons (Fsp3) is 0.222. The standard InChI is InChI=1S/C9H10O4/c1-13-8-3-2-7(10)4-6(8)5-9(11)12/h2-4,10H,5H2,1H3,(H,11,12)/p-1. The average Bonchev–Trinajstić information content (AvgIpc) is 2.03. The molecule has 1 N–H and O–H groups in total. The maximum absolute atomic E-state index is 10.3. The van der Waals surface area contributed by atoms with Crippen LogP contribution >= 0.6 is 0 Å². The molecule has 0 unspecified atom stereocenters. The van der Waals surface area contributed by atoms with E-state index in [2.05, 4.69) is 0 Å². The van der Waals surface area contributed by atoms with E-state index < -0.39 is 5.97 Å². The predicted octanol–water partition coefficient (Wildman–Crippen LogP) is -0.307. The average molecular weight is 181 g/mol. The lowest BCUT2D eigenvalue weighted by molar-refractivity contribution is -0.304. The van der Waals surface area contributed by atoms with Crippen LogP contribution in [0.3, 0.4) is 0 Å². The third-order valence-corrected chi connectivity index (χ3v) is 1.60. The molecule has 4 nitrogen and oxygen atoms in total. The molecule has 70 valence electrons. The van der Waals surface area contributed by atoms with E-state index in [-0.39, 0.29) is 12.2 Å². The van der Waals surface area contributed by atoms with Crippen molar-refractivity contribution in [1.29, 1.82) is 0 Å². The van der Waals surface area contributed by atoms with E-state index in [0.717, 1.165) is 0 Å². The summed E-state index contributed by atoms with van der Waals surface area (Å²) in [6, 6.07) is 4.28. The first kappa shape index (κ1) is 9.38. The van der Waals surface area contributed by atoms with Crippen LogP contribution in [-0.2, 0) is 11.2 Å². The minimum absolute atomic E-state index is 0.0112. The van der Waals surface area contributed by atoms with Gasteiger partial charge in [-0.05, 0) is 18.2 Å². The van der Waals surface area contributed by atoms with Crippen LogP contribution in [-0.4, -0.2) is 18.2 Å². The number of carboxylic acid groups (broad SMARTS) is 1. The van der Waals surface area contributed by atoms with Crippen LogP contribution in [0, 0.1) is 0 Å². The Labute approximate surface area is 75.4 Å². The Balaban J connectivity index is 3.01. The van der Waals surface area contributed by atoms with E-state index in [1.165, 1.54) is 25.3 Å². The molecule has 13 heavy (non-hydrogen) atoms. The summed E-state index contributed by atoms with van der Waals surface area (Å²) in [5.74, 6) is -0.761. The highest BCUT2D eigenvalue weighted by Crippen LogP contribution is 2.23. The molecule has 1 rings (SSSR count). The fourth-order valence-electron chi connectivity index (χ4n) is 1.06. The van der Waals surface area contributed by atoms with Crippen molar-refractivity contribution in [2.24, 2.45) is 0 Å². The van der Waals surface area contributed by atoms with E-state index in [1.807, 2.05) is 0 Å². The van der Waals surface area contributed by atoms with Gasteiger partial charge in [-0.1, -0.05) is 0 Å². The molecule has 0 aliphatic heterocycles. The summed E-state index contributed by atoms with van der Waals surface area (Å²) in [7, 11) is 1.44. The van der Waals surface area contributed by atoms with Gasteiger partial charge in [-0.25, -0.2) is 0 Å². The largest absolute Gasteiger partial charge is 0.550 e. The van der Waals surface area contributed by atoms with Crippen LogP contribution in [0.25, 0.3) is 0 Å². The van der Waals surface area contributed by atoms with Crippen LogP contribution in [0.15, 0.2) is 18.2 Å². The SMILES string of the molecule is COc1ccc(O)cc1CC(=O)[O-]. The minimum atomic E-state index is -1.20. The second kappa shape index (κ2) is 3.80. The number of benzene rings is 1. The number of phenolic OH excluding ortho intramolecular Hbond substituents is 1. The number of carboxylic acids is 1. The third-order valence-electron chi connectivity index (χ3n) is 1.60. The van der Waals surface area contributed by atoms with Crippen molar-refractivity contribution in [3.63, 3.8) is 0 Å². The smallest absolute Gasteiger partial charge is 0.122 e. The maximum atomic E-state index is 10.3. The molecule has 0 amide bonds. The summed E-state index contributed by atoms with van der Waals surface area (Å²) in [6.45, 7) is 0. The maximum Gasteiger partial charge on any atom is 0.122 e. The summed E-state index contributed by atoms with van der Waals surface area (Å²) in [5, 5.41) is 19.4. The summed E-state index contributed by atoms with van der Waals surface area (Å²) in [4.78, 5) is 10.3. The number of rotatable bonds is 3. The van der Waals surface area contributed by atoms with E-state index in [0.29, 0.717) is 11.3 Å². The molecule has 0 aromatic heterocycles. The molecule has 0 spiro atoms. The number of hydrogen-bond donors (Lipinski definition) is 1. The number of aromatic hydroxyl groups is 1. The molecule has 0 radical (unpaired) electrons. The molecule has 0 aliphatic rings. The van der Waals surface area contributed by atoms with Crippen LogP contribution in [0.4, 0.5) is 0 Å². The van der Waals surface area contributed by atoms with Gasteiger partial charge in [-0.15, -0.1) is 0 Å². The molecule has 0 saturated carbocycles. The highest BCUT2D eigenvalue weighted by Gasteiger charge is 2.03. The van der Waals surface area contributed by atoms with Gasteiger partial charge < -0.3 is 19.7 Å². The van der Waals surface area contributed by atoms with E-state index >= 15 is 0 Å². The molecule has 4 heteroatoms. The second-order valence-corrected chi connectivity index (χ2v) is 2.54. The normalized spacial score (nSPS) is 9.62. The van der Waals surface area contributed by atoms with E-state index in [9.17, 15) is 9.90 Å². The number of carbonyl (C=O) groups excluding carboxylic acids is 1. The number of ether oxygens (including phenoxy) is 1. The molecule has 1 aromatic carbocycles. The Kier molecular flexibility index (Phi) is 2.74. The molecule has 0 heterocycles. The van der Waals surface area contributed by atoms with Gasteiger partial charge >= 0.3 is 0 Å².